The van der Waals surface area contributed by atoms with Crippen molar-refractivity contribution in [3.8, 4) is 11.5 Å². The van der Waals surface area contributed by atoms with Crippen molar-refractivity contribution in [1.82, 2.24) is 4.90 Å². The Kier molecular flexibility index (Phi) is 9.22. The number of carbonyl (C=O) groups excluding carboxylic acids is 1. The van der Waals surface area contributed by atoms with Gasteiger partial charge in [-0.25, -0.2) is 4.39 Å². The molecular weight excluding hydrogens is 471 g/mol. The summed E-state index contributed by atoms with van der Waals surface area (Å²) in [4.78, 5) is 15.2. The number of aliphatic hydroxyl groups is 1. The smallest absolute Gasteiger partial charge is 0.225 e. The highest BCUT2D eigenvalue weighted by Gasteiger charge is 2.44. The zero-order valence-corrected chi connectivity index (χ0v) is 22.1. The fourth-order valence-corrected chi connectivity index (χ4v) is 6.02. The van der Waals surface area contributed by atoms with Gasteiger partial charge in [-0.1, -0.05) is 24.3 Å². The molecule has 7 heteroatoms. The zero-order valence-electron chi connectivity index (χ0n) is 22.1. The van der Waals surface area contributed by atoms with Crippen LogP contribution in [-0.4, -0.2) is 48.8 Å². The van der Waals surface area contributed by atoms with Gasteiger partial charge in [0.15, 0.2) is 11.6 Å². The molecule has 6 nitrogen and oxygen atoms in total. The van der Waals surface area contributed by atoms with E-state index in [1.807, 2.05) is 30.0 Å². The molecule has 1 aliphatic heterocycles. The van der Waals surface area contributed by atoms with Gasteiger partial charge in [-0.3, -0.25) is 4.79 Å². The number of carbonyl (C=O) groups is 1. The number of ether oxygens (including phenoxy) is 2. The number of hydrogen-bond acceptors (Lipinski definition) is 5. The van der Waals surface area contributed by atoms with Gasteiger partial charge in [0.25, 0.3) is 0 Å². The van der Waals surface area contributed by atoms with E-state index in [0.717, 1.165) is 44.1 Å². The Bertz CT molecular complexity index is 1060. The third-order valence-corrected chi connectivity index (χ3v) is 8.03. The topological polar surface area (TPSA) is 85.0 Å². The fraction of sp³-hybridized carbons (Fsp3) is 0.567. The summed E-state index contributed by atoms with van der Waals surface area (Å²) in [6.45, 7) is 3.65. The lowest BCUT2D eigenvalue weighted by atomic mass is 9.73. The van der Waals surface area contributed by atoms with Crippen molar-refractivity contribution in [2.24, 2.45) is 17.6 Å². The van der Waals surface area contributed by atoms with Crippen LogP contribution in [0.5, 0.6) is 11.5 Å². The summed E-state index contributed by atoms with van der Waals surface area (Å²) in [5.41, 5.74) is 6.15. The Morgan fingerprint density at radius 3 is 2.73 bits per heavy atom. The van der Waals surface area contributed by atoms with Crippen molar-refractivity contribution >= 4 is 5.91 Å². The maximum atomic E-state index is 15.3. The Morgan fingerprint density at radius 2 is 2.00 bits per heavy atom. The number of aryl methyl sites for hydroxylation is 1. The molecule has 1 saturated carbocycles. The first-order chi connectivity index (χ1) is 17.8. The van der Waals surface area contributed by atoms with Gasteiger partial charge in [0.05, 0.1) is 5.60 Å². The molecule has 3 N–H and O–H groups in total. The molecule has 1 saturated heterocycles. The molecule has 1 amide bonds. The molecule has 2 aromatic carbocycles. The van der Waals surface area contributed by atoms with E-state index in [1.165, 1.54) is 6.07 Å². The van der Waals surface area contributed by atoms with Crippen molar-refractivity contribution in [2.75, 3.05) is 26.8 Å². The minimum absolute atomic E-state index is 0.0436. The molecule has 0 radical (unpaired) electrons. The number of piperidine rings is 1. The van der Waals surface area contributed by atoms with E-state index < -0.39 is 11.4 Å². The molecule has 37 heavy (non-hydrogen) atoms. The summed E-state index contributed by atoms with van der Waals surface area (Å²) in [5, 5.41) is 12.4. The van der Waals surface area contributed by atoms with Gasteiger partial charge in [-0.15, -0.1) is 0 Å². The molecule has 2 aliphatic rings. The molecule has 2 aromatic rings. The van der Waals surface area contributed by atoms with Crippen LogP contribution in [0, 0.1) is 24.6 Å². The first-order valence-corrected chi connectivity index (χ1v) is 13.6. The molecule has 1 heterocycles. The van der Waals surface area contributed by atoms with Crippen LogP contribution in [0.4, 0.5) is 4.39 Å². The molecule has 1 unspecified atom stereocenters. The van der Waals surface area contributed by atoms with E-state index >= 15 is 4.39 Å². The molecule has 202 valence electrons. The Labute approximate surface area is 219 Å². The minimum Gasteiger partial charge on any atom is -0.454 e. The number of nitrogens with two attached hydrogens (primary N) is 1. The number of amides is 1. The lowest BCUT2D eigenvalue weighted by Gasteiger charge is -2.44. The van der Waals surface area contributed by atoms with Crippen molar-refractivity contribution in [3.05, 3.63) is 59.4 Å². The SMILES string of the molecule is COCCCC[C@@](O)(c1cccc(F)c1Oc1cccc(C)c1)C1CCCN(C(=O)[C@@H]2CC[C@@H](N)C2)C1. The highest BCUT2D eigenvalue weighted by molar-refractivity contribution is 5.79. The zero-order chi connectivity index (χ0) is 26.4. The average molecular weight is 513 g/mol. The third kappa shape index (κ3) is 6.51. The normalized spacial score (nSPS) is 23.6. The van der Waals surface area contributed by atoms with Gasteiger partial charge >= 0.3 is 0 Å². The van der Waals surface area contributed by atoms with E-state index in [0.29, 0.717) is 43.9 Å². The van der Waals surface area contributed by atoms with Gasteiger partial charge in [0, 0.05) is 50.2 Å². The standard InChI is InChI=1S/C30H41FN2O4/c1-21-8-5-10-25(18-21)37-28-26(11-6-12-27(28)31)30(35,15-3-4-17-36-2)23-9-7-16-33(20-23)29(34)22-13-14-24(32)19-22/h5-6,8,10-12,18,22-24,35H,3-4,7,9,13-17,19-20,32H2,1-2H3/t22-,23?,24-,30+/m1/s1. The fourth-order valence-electron chi connectivity index (χ4n) is 6.02. The number of methoxy groups -OCH3 is 1. The summed E-state index contributed by atoms with van der Waals surface area (Å²) in [6, 6.07) is 12.3. The van der Waals surface area contributed by atoms with Crippen molar-refractivity contribution in [2.45, 2.75) is 69.9 Å². The number of nitrogens with zero attached hydrogens (tertiary/aromatic N) is 1. The molecule has 2 fully saturated rings. The van der Waals surface area contributed by atoms with E-state index in [9.17, 15) is 9.90 Å². The highest BCUT2D eigenvalue weighted by Crippen LogP contribution is 2.45. The second kappa shape index (κ2) is 12.4. The van der Waals surface area contributed by atoms with Gasteiger partial charge in [-0.05, 0) is 82.1 Å². The summed E-state index contributed by atoms with van der Waals surface area (Å²) in [6.07, 6.45) is 5.85. The van der Waals surface area contributed by atoms with E-state index in [1.54, 1.807) is 25.3 Å². The average Bonchev–Trinajstić information content (AvgIpc) is 3.33. The van der Waals surface area contributed by atoms with Crippen LogP contribution >= 0.6 is 0 Å². The largest absolute Gasteiger partial charge is 0.454 e. The van der Waals surface area contributed by atoms with Crippen LogP contribution in [0.15, 0.2) is 42.5 Å². The monoisotopic (exact) mass is 512 g/mol. The lowest BCUT2D eigenvalue weighted by Crippen LogP contribution is -2.49. The molecule has 4 rings (SSSR count). The quantitative estimate of drug-likeness (QED) is 0.422. The van der Waals surface area contributed by atoms with Crippen molar-refractivity contribution in [1.29, 1.82) is 0 Å². The number of benzene rings is 2. The second-order valence-corrected chi connectivity index (χ2v) is 10.8. The van der Waals surface area contributed by atoms with E-state index in [2.05, 4.69) is 0 Å². The number of rotatable bonds is 10. The minimum atomic E-state index is -1.36. The van der Waals surface area contributed by atoms with Crippen LogP contribution in [0.25, 0.3) is 0 Å². The van der Waals surface area contributed by atoms with Crippen molar-refractivity contribution < 1.29 is 23.8 Å². The number of hydrogen-bond donors (Lipinski definition) is 2. The molecule has 0 aromatic heterocycles. The van der Waals surface area contributed by atoms with Crippen LogP contribution in [0.3, 0.4) is 0 Å². The van der Waals surface area contributed by atoms with Crippen LogP contribution in [0.2, 0.25) is 0 Å². The van der Waals surface area contributed by atoms with Crippen LogP contribution in [0.1, 0.15) is 62.5 Å². The maximum absolute atomic E-state index is 15.3. The third-order valence-electron chi connectivity index (χ3n) is 8.03. The summed E-state index contributed by atoms with van der Waals surface area (Å²) in [5.74, 6) is -0.103. The number of halogens is 1. The highest BCUT2D eigenvalue weighted by atomic mass is 19.1. The Morgan fingerprint density at radius 1 is 1.19 bits per heavy atom. The predicted octanol–water partition coefficient (Wildman–Crippen LogP) is 5.30. The lowest BCUT2D eigenvalue weighted by molar-refractivity contribution is -0.141. The second-order valence-electron chi connectivity index (χ2n) is 10.8. The number of likely N-dealkylation sites (tertiary alicyclic amines) is 1. The Hall–Kier alpha value is -2.48. The first-order valence-electron chi connectivity index (χ1n) is 13.6. The van der Waals surface area contributed by atoms with E-state index in [-0.39, 0.29) is 29.5 Å². The van der Waals surface area contributed by atoms with Gasteiger partial charge in [0.2, 0.25) is 5.91 Å². The Balaban J connectivity index is 1.65. The molecule has 0 spiro atoms. The number of unbranched alkanes of at least 4 members (excludes halogenated alkanes) is 1. The molecule has 1 aliphatic carbocycles. The maximum Gasteiger partial charge on any atom is 0.225 e. The molecular formula is C30H41FN2O4. The number of para-hydroxylation sites is 1. The van der Waals surface area contributed by atoms with Crippen LogP contribution < -0.4 is 10.5 Å². The van der Waals surface area contributed by atoms with Gasteiger partial charge in [-0.2, -0.15) is 0 Å². The summed E-state index contributed by atoms with van der Waals surface area (Å²) >= 11 is 0. The van der Waals surface area contributed by atoms with E-state index in [4.69, 9.17) is 15.2 Å². The van der Waals surface area contributed by atoms with Crippen molar-refractivity contribution in [3.63, 3.8) is 0 Å². The summed E-state index contributed by atoms with van der Waals surface area (Å²) in [7, 11) is 1.66. The first kappa shape index (κ1) is 27.6. The molecule has 0 bridgehead atoms. The van der Waals surface area contributed by atoms with Gasteiger partial charge < -0.3 is 25.2 Å². The van der Waals surface area contributed by atoms with Crippen LogP contribution in [-0.2, 0) is 15.1 Å². The summed E-state index contributed by atoms with van der Waals surface area (Å²) < 4.78 is 26.6. The predicted molar refractivity (Wildman–Crippen MR) is 142 cm³/mol. The van der Waals surface area contributed by atoms with Gasteiger partial charge in [0.1, 0.15) is 5.75 Å². The molecule has 4 atom stereocenters.